The Balaban J connectivity index is 1.09. The van der Waals surface area contributed by atoms with Crippen LogP contribution in [0.3, 0.4) is 0 Å². The average molecular weight is 482 g/mol. The Morgan fingerprint density at radius 1 is 1.14 bits per heavy atom. The predicted octanol–water partition coefficient (Wildman–Crippen LogP) is 1.64. The molecule has 0 aliphatic carbocycles. The molecule has 2 N–H and O–H groups in total. The fourth-order valence-electron chi connectivity index (χ4n) is 5.43. The Labute approximate surface area is 199 Å². The number of nitrogens with one attached hydrogen (secondary N) is 2. The molecular weight excluding hydrogens is 456 g/mol. The predicted molar refractivity (Wildman–Crippen MR) is 124 cm³/mol. The highest BCUT2D eigenvalue weighted by Crippen LogP contribution is 2.41. The molecule has 35 heavy (non-hydrogen) atoms. The number of rotatable bonds is 5. The van der Waals surface area contributed by atoms with Crippen LogP contribution in [0.2, 0.25) is 0 Å². The number of aromatic nitrogens is 4. The number of pyridine rings is 2. The summed E-state index contributed by atoms with van der Waals surface area (Å²) in [4.78, 5) is 38.8. The van der Waals surface area contributed by atoms with Gasteiger partial charge in [0.2, 0.25) is 5.91 Å². The molecule has 0 saturated carbocycles. The number of nitrogens with zero attached hydrogens (tertiary/aromatic N) is 5. The molecule has 1 atom stereocenters. The maximum atomic E-state index is 16.2. The number of fused-ring (bicyclic) bond motifs is 1. The zero-order chi connectivity index (χ0) is 24.2. The lowest BCUT2D eigenvalue weighted by Crippen LogP contribution is -2.47. The van der Waals surface area contributed by atoms with E-state index in [-0.39, 0.29) is 41.7 Å². The number of likely N-dealkylation sites (tertiary alicyclic amines) is 1. The number of amides is 1. The smallest absolute Gasteiger partial charge is 0.251 e. The van der Waals surface area contributed by atoms with Gasteiger partial charge in [-0.2, -0.15) is 0 Å². The Hall–Kier alpha value is -3.31. The number of hydrogen-bond donors (Lipinski definition) is 2. The fraction of sp³-hybridized carbons (Fsp3) is 0.458. The molecule has 3 aromatic heterocycles. The van der Waals surface area contributed by atoms with E-state index in [9.17, 15) is 14.0 Å². The number of alkyl halides is 1. The monoisotopic (exact) mass is 481 g/mol. The van der Waals surface area contributed by atoms with Gasteiger partial charge in [0.1, 0.15) is 17.5 Å². The summed E-state index contributed by atoms with van der Waals surface area (Å²) in [7, 11) is 0. The van der Waals surface area contributed by atoms with Gasteiger partial charge in [0.05, 0.1) is 35.9 Å². The lowest BCUT2D eigenvalue weighted by molar-refractivity contribution is -0.116. The second-order valence-electron chi connectivity index (χ2n) is 9.58. The van der Waals surface area contributed by atoms with Crippen LogP contribution in [0.1, 0.15) is 36.2 Å². The third-order valence-electron chi connectivity index (χ3n) is 7.22. The van der Waals surface area contributed by atoms with Crippen molar-refractivity contribution in [3.05, 3.63) is 57.6 Å². The van der Waals surface area contributed by atoms with Crippen molar-refractivity contribution in [2.45, 2.75) is 50.5 Å². The molecule has 3 aliphatic rings. The number of carbonyl (C=O) groups excluding carboxylic acids is 1. The fourth-order valence-corrected chi connectivity index (χ4v) is 5.43. The molecule has 3 aliphatic heterocycles. The number of anilines is 1. The number of piperidine rings is 1. The summed E-state index contributed by atoms with van der Waals surface area (Å²) in [6, 6.07) is 3.07. The lowest BCUT2D eigenvalue weighted by atomic mass is 9.95. The molecule has 1 fully saturated rings. The highest BCUT2D eigenvalue weighted by molar-refractivity contribution is 5.92. The van der Waals surface area contributed by atoms with Gasteiger partial charge in [0.15, 0.2) is 5.67 Å². The SMILES string of the molecule is O=C1CCc2cnc(CNC3CCN(C[C@]4(F)Cn5c(=O)ccc6ncc(F)c4c65)CC3)nc2N1. The van der Waals surface area contributed by atoms with Gasteiger partial charge in [0, 0.05) is 36.8 Å². The Kier molecular flexibility index (Phi) is 5.33. The van der Waals surface area contributed by atoms with E-state index in [1.807, 2.05) is 4.90 Å². The summed E-state index contributed by atoms with van der Waals surface area (Å²) < 4.78 is 32.2. The maximum Gasteiger partial charge on any atom is 0.251 e. The molecule has 182 valence electrons. The molecule has 0 bridgehead atoms. The first-order valence-corrected chi connectivity index (χ1v) is 11.9. The Bertz CT molecular complexity index is 1390. The largest absolute Gasteiger partial charge is 0.310 e. The summed E-state index contributed by atoms with van der Waals surface area (Å²) in [5.41, 5.74) is -0.763. The molecule has 3 aromatic rings. The van der Waals surface area contributed by atoms with Crippen molar-refractivity contribution >= 4 is 22.8 Å². The van der Waals surface area contributed by atoms with Crippen LogP contribution in [-0.2, 0) is 30.0 Å². The van der Waals surface area contributed by atoms with Gasteiger partial charge < -0.3 is 15.2 Å². The van der Waals surface area contributed by atoms with Gasteiger partial charge in [-0.3, -0.25) is 19.5 Å². The summed E-state index contributed by atoms with van der Waals surface area (Å²) in [6.07, 6.45) is 5.49. The van der Waals surface area contributed by atoms with Crippen molar-refractivity contribution in [2.24, 2.45) is 0 Å². The standard InChI is InChI=1S/C24H25F2N7O2/c25-16-10-28-17-2-4-20(35)33-13-24(26,21(16)22(17)33)12-32-7-5-15(6-8-32)27-11-18-29-9-14-1-3-19(34)31-23(14)30-18/h2,4,9-10,15,27H,1,3,5-8,11-13H2,(H,29,30,31,34)/t24-/m0/s1. The van der Waals surface area contributed by atoms with Crippen LogP contribution in [0.5, 0.6) is 0 Å². The molecule has 11 heteroatoms. The summed E-state index contributed by atoms with van der Waals surface area (Å²) in [6.45, 7) is 1.58. The van der Waals surface area contributed by atoms with Gasteiger partial charge >= 0.3 is 0 Å². The number of carbonyl (C=O) groups is 1. The Morgan fingerprint density at radius 2 is 1.97 bits per heavy atom. The molecule has 0 aromatic carbocycles. The van der Waals surface area contributed by atoms with Gasteiger partial charge in [-0.15, -0.1) is 0 Å². The van der Waals surface area contributed by atoms with E-state index in [4.69, 9.17) is 0 Å². The molecule has 9 nitrogen and oxygen atoms in total. The van der Waals surface area contributed by atoms with Gasteiger partial charge in [-0.05, 0) is 38.4 Å². The minimum absolute atomic E-state index is 0.0184. The van der Waals surface area contributed by atoms with Gasteiger partial charge in [-0.25, -0.2) is 18.7 Å². The quantitative estimate of drug-likeness (QED) is 0.571. The van der Waals surface area contributed by atoms with Crippen molar-refractivity contribution in [3.63, 3.8) is 0 Å². The van der Waals surface area contributed by atoms with Crippen LogP contribution in [-0.4, -0.2) is 56.0 Å². The van der Waals surface area contributed by atoms with Crippen LogP contribution in [0.15, 0.2) is 29.3 Å². The second-order valence-corrected chi connectivity index (χ2v) is 9.58. The molecule has 6 heterocycles. The van der Waals surface area contributed by atoms with Crippen LogP contribution in [0.4, 0.5) is 14.6 Å². The van der Waals surface area contributed by atoms with E-state index in [0.717, 1.165) is 24.6 Å². The normalized spacial score (nSPS) is 22.4. The topological polar surface area (TPSA) is 105 Å². The van der Waals surface area contributed by atoms with E-state index < -0.39 is 11.5 Å². The van der Waals surface area contributed by atoms with E-state index in [2.05, 4.69) is 25.6 Å². The summed E-state index contributed by atoms with van der Waals surface area (Å²) in [5, 5.41) is 6.25. The molecule has 1 amide bonds. The second kappa shape index (κ2) is 8.42. The highest BCUT2D eigenvalue weighted by Gasteiger charge is 2.45. The van der Waals surface area contributed by atoms with Crippen LogP contribution >= 0.6 is 0 Å². The van der Waals surface area contributed by atoms with Crippen molar-refractivity contribution in [1.82, 2.24) is 29.7 Å². The summed E-state index contributed by atoms with van der Waals surface area (Å²) in [5.74, 6) is 0.457. The molecule has 1 saturated heterocycles. The Morgan fingerprint density at radius 3 is 2.80 bits per heavy atom. The highest BCUT2D eigenvalue weighted by atomic mass is 19.1. The maximum absolute atomic E-state index is 16.2. The average Bonchev–Trinajstić information content (AvgIpc) is 3.17. The van der Waals surface area contributed by atoms with Crippen molar-refractivity contribution in [1.29, 1.82) is 0 Å². The van der Waals surface area contributed by atoms with Crippen molar-refractivity contribution in [3.8, 4) is 0 Å². The van der Waals surface area contributed by atoms with Crippen LogP contribution < -0.4 is 16.2 Å². The van der Waals surface area contributed by atoms with E-state index in [1.165, 1.54) is 16.7 Å². The molecular formula is C24H25F2N7O2. The minimum Gasteiger partial charge on any atom is -0.310 e. The third-order valence-corrected chi connectivity index (χ3v) is 7.22. The van der Waals surface area contributed by atoms with Crippen molar-refractivity contribution in [2.75, 3.05) is 25.0 Å². The molecule has 0 radical (unpaired) electrons. The van der Waals surface area contributed by atoms with Gasteiger partial charge in [0.25, 0.3) is 5.56 Å². The van der Waals surface area contributed by atoms with E-state index in [0.29, 0.717) is 49.6 Å². The van der Waals surface area contributed by atoms with Gasteiger partial charge in [-0.1, -0.05) is 0 Å². The number of aryl methyl sites for hydroxylation is 1. The van der Waals surface area contributed by atoms with Crippen LogP contribution in [0, 0.1) is 5.82 Å². The zero-order valence-corrected chi connectivity index (χ0v) is 19.1. The summed E-state index contributed by atoms with van der Waals surface area (Å²) >= 11 is 0. The third kappa shape index (κ3) is 3.98. The lowest BCUT2D eigenvalue weighted by Gasteiger charge is -2.36. The molecule has 6 rings (SSSR count). The van der Waals surface area contributed by atoms with E-state index >= 15 is 4.39 Å². The van der Waals surface area contributed by atoms with E-state index in [1.54, 1.807) is 6.20 Å². The first-order valence-electron chi connectivity index (χ1n) is 11.9. The van der Waals surface area contributed by atoms with Crippen LogP contribution in [0.25, 0.3) is 11.0 Å². The number of hydrogen-bond acceptors (Lipinski definition) is 7. The minimum atomic E-state index is -1.99. The zero-order valence-electron chi connectivity index (χ0n) is 19.1. The first-order chi connectivity index (χ1) is 16.9. The first kappa shape index (κ1) is 22.2. The van der Waals surface area contributed by atoms with Crippen molar-refractivity contribution < 1.29 is 13.6 Å². The molecule has 0 spiro atoms. The molecule has 0 unspecified atom stereocenters. The number of halogens is 2.